The number of thiazole rings is 1. The summed E-state index contributed by atoms with van der Waals surface area (Å²) in [7, 11) is 0. The molecule has 0 atom stereocenters. The molecule has 0 saturated heterocycles. The number of benzene rings is 1. The number of nitrogens with zero attached hydrogens (tertiary/aromatic N) is 2. The van der Waals surface area contributed by atoms with Gasteiger partial charge in [0.05, 0.1) is 24.8 Å². The molecule has 0 amide bonds. The normalized spacial score (nSPS) is 11.0. The summed E-state index contributed by atoms with van der Waals surface area (Å²) in [6.45, 7) is 7.68. The molecule has 0 unspecified atom stereocenters. The second-order valence-corrected chi connectivity index (χ2v) is 6.66. The van der Waals surface area contributed by atoms with Gasteiger partial charge in [-0.15, -0.1) is 35.3 Å². The molecule has 0 radical (unpaired) electrons. The average Bonchev–Trinajstić information content (AvgIpc) is 3.01. The molecule has 0 aliphatic heterocycles. The zero-order valence-electron chi connectivity index (χ0n) is 14.8. The largest absolute Gasteiger partial charge is 0.375 e. The van der Waals surface area contributed by atoms with E-state index < -0.39 is 0 Å². The summed E-state index contributed by atoms with van der Waals surface area (Å²) in [5.74, 6) is 0.828. The first-order valence-electron chi connectivity index (χ1n) is 8.33. The minimum atomic E-state index is 0. The third kappa shape index (κ3) is 9.18. The average molecular weight is 474 g/mol. The molecule has 1 aromatic heterocycles. The van der Waals surface area contributed by atoms with Crippen LogP contribution >= 0.6 is 35.3 Å². The quantitative estimate of drug-likeness (QED) is 0.253. The van der Waals surface area contributed by atoms with Crippen LogP contribution in [0.1, 0.15) is 22.4 Å². The molecular weight excluding hydrogens is 447 g/mol. The van der Waals surface area contributed by atoms with Crippen LogP contribution in [-0.2, 0) is 17.8 Å². The molecule has 2 aromatic rings. The Bertz CT molecular complexity index is 619. The first-order chi connectivity index (χ1) is 11.8. The van der Waals surface area contributed by atoms with Crippen molar-refractivity contribution in [1.29, 1.82) is 0 Å². The van der Waals surface area contributed by atoms with Gasteiger partial charge in [-0.25, -0.2) is 4.98 Å². The molecule has 138 valence electrons. The fraction of sp³-hybridized carbons (Fsp3) is 0.444. The van der Waals surface area contributed by atoms with Gasteiger partial charge in [-0.2, -0.15) is 0 Å². The van der Waals surface area contributed by atoms with Crippen molar-refractivity contribution in [3.05, 3.63) is 52.0 Å². The van der Waals surface area contributed by atoms with Crippen molar-refractivity contribution in [1.82, 2.24) is 15.6 Å². The molecule has 1 heterocycles. The highest BCUT2D eigenvalue weighted by atomic mass is 127. The maximum atomic E-state index is 5.65. The molecule has 5 nitrogen and oxygen atoms in total. The minimum absolute atomic E-state index is 0. The molecule has 2 N–H and O–H groups in total. The Morgan fingerprint density at radius 2 is 2.04 bits per heavy atom. The predicted molar refractivity (Wildman–Crippen MR) is 116 cm³/mol. The number of nitrogens with one attached hydrogen (secondary N) is 2. The number of aromatic nitrogens is 1. The summed E-state index contributed by atoms with van der Waals surface area (Å²) in [6.07, 6.45) is 2.83. The van der Waals surface area contributed by atoms with Gasteiger partial charge in [-0.3, -0.25) is 4.99 Å². The van der Waals surface area contributed by atoms with E-state index in [1.54, 1.807) is 11.3 Å². The van der Waals surface area contributed by atoms with Gasteiger partial charge in [-0.05, 0) is 19.4 Å². The zero-order valence-corrected chi connectivity index (χ0v) is 18.0. The molecular formula is C18H27IN4OS. The molecule has 0 fully saturated rings. The maximum Gasteiger partial charge on any atom is 0.191 e. The highest BCUT2D eigenvalue weighted by molar-refractivity contribution is 14.0. The lowest BCUT2D eigenvalue weighted by atomic mass is 10.2. The van der Waals surface area contributed by atoms with Gasteiger partial charge in [0, 0.05) is 30.6 Å². The molecule has 0 aliphatic rings. The van der Waals surface area contributed by atoms with Gasteiger partial charge in [-0.1, -0.05) is 30.3 Å². The predicted octanol–water partition coefficient (Wildman–Crippen LogP) is 3.38. The van der Waals surface area contributed by atoms with Crippen LogP contribution in [-0.4, -0.2) is 37.2 Å². The lowest BCUT2D eigenvalue weighted by molar-refractivity contribution is 0.128. The van der Waals surface area contributed by atoms with Crippen molar-refractivity contribution >= 4 is 41.3 Å². The fourth-order valence-corrected chi connectivity index (χ4v) is 2.92. The second kappa shape index (κ2) is 13.1. The van der Waals surface area contributed by atoms with E-state index in [0.29, 0.717) is 19.8 Å². The molecule has 7 heteroatoms. The summed E-state index contributed by atoms with van der Waals surface area (Å²) in [5, 5.41) is 7.74. The van der Waals surface area contributed by atoms with E-state index in [1.807, 2.05) is 24.4 Å². The minimum Gasteiger partial charge on any atom is -0.375 e. The first kappa shape index (κ1) is 21.9. The Kier molecular flexibility index (Phi) is 11.4. The van der Waals surface area contributed by atoms with E-state index in [2.05, 4.69) is 46.6 Å². The lowest BCUT2D eigenvalue weighted by Gasteiger charge is -2.10. The van der Waals surface area contributed by atoms with Crippen LogP contribution in [0.25, 0.3) is 0 Å². The Morgan fingerprint density at radius 3 is 2.72 bits per heavy atom. The monoisotopic (exact) mass is 474 g/mol. The van der Waals surface area contributed by atoms with Crippen LogP contribution in [0.5, 0.6) is 0 Å². The van der Waals surface area contributed by atoms with E-state index in [1.165, 1.54) is 10.4 Å². The zero-order chi connectivity index (χ0) is 17.0. The van der Waals surface area contributed by atoms with Crippen molar-refractivity contribution in [2.45, 2.75) is 26.9 Å². The van der Waals surface area contributed by atoms with Gasteiger partial charge in [0.15, 0.2) is 5.96 Å². The second-order valence-electron chi connectivity index (χ2n) is 5.34. The third-order valence-corrected chi connectivity index (χ3v) is 4.23. The van der Waals surface area contributed by atoms with Crippen LogP contribution in [0.2, 0.25) is 0 Å². The number of hydrogen-bond donors (Lipinski definition) is 2. The third-order valence-electron chi connectivity index (χ3n) is 3.26. The summed E-state index contributed by atoms with van der Waals surface area (Å²) < 4.78 is 5.65. The van der Waals surface area contributed by atoms with Gasteiger partial charge in [0.1, 0.15) is 0 Å². The molecule has 0 spiro atoms. The van der Waals surface area contributed by atoms with Crippen LogP contribution in [0.4, 0.5) is 0 Å². The summed E-state index contributed by atoms with van der Waals surface area (Å²) in [5.41, 5.74) is 1.19. The Labute approximate surface area is 171 Å². The van der Waals surface area contributed by atoms with Crippen molar-refractivity contribution < 1.29 is 4.74 Å². The van der Waals surface area contributed by atoms with Crippen LogP contribution < -0.4 is 10.6 Å². The van der Waals surface area contributed by atoms with Crippen molar-refractivity contribution in [2.75, 3.05) is 26.2 Å². The highest BCUT2D eigenvalue weighted by Crippen LogP contribution is 2.10. The first-order valence-corrected chi connectivity index (χ1v) is 9.14. The van der Waals surface area contributed by atoms with E-state index >= 15 is 0 Å². The van der Waals surface area contributed by atoms with Gasteiger partial charge in [0.2, 0.25) is 0 Å². The number of ether oxygens (including phenoxy) is 1. The lowest BCUT2D eigenvalue weighted by Crippen LogP contribution is -2.38. The summed E-state index contributed by atoms with van der Waals surface area (Å²) in [6, 6.07) is 10.2. The Balaban J connectivity index is 0.00000312. The molecule has 1 aromatic carbocycles. The standard InChI is InChI=1S/C18H26N4OS.HI/c1-3-19-18(20-10-9-17-22-13-15(2)24-17)21-11-12-23-14-16-7-5-4-6-8-16;/h4-8,13H,3,9-12,14H2,1-2H3,(H2,19,20,21);1H. The number of guanidine groups is 1. The highest BCUT2D eigenvalue weighted by Gasteiger charge is 2.00. The van der Waals surface area contributed by atoms with Crippen LogP contribution in [0.15, 0.2) is 41.5 Å². The van der Waals surface area contributed by atoms with Gasteiger partial charge >= 0.3 is 0 Å². The van der Waals surface area contributed by atoms with E-state index in [9.17, 15) is 0 Å². The van der Waals surface area contributed by atoms with E-state index in [0.717, 1.165) is 30.5 Å². The maximum absolute atomic E-state index is 5.65. The van der Waals surface area contributed by atoms with Gasteiger partial charge in [0.25, 0.3) is 0 Å². The van der Waals surface area contributed by atoms with Gasteiger partial charge < -0.3 is 15.4 Å². The number of hydrogen-bond acceptors (Lipinski definition) is 4. The fourth-order valence-electron chi connectivity index (χ4n) is 2.13. The topological polar surface area (TPSA) is 58.5 Å². The van der Waals surface area contributed by atoms with Crippen LogP contribution in [0, 0.1) is 6.92 Å². The molecule has 0 aliphatic carbocycles. The van der Waals surface area contributed by atoms with E-state index in [4.69, 9.17) is 4.74 Å². The van der Waals surface area contributed by atoms with Crippen LogP contribution in [0.3, 0.4) is 0 Å². The summed E-state index contributed by atoms with van der Waals surface area (Å²) in [4.78, 5) is 10.2. The molecule has 2 rings (SSSR count). The number of aryl methyl sites for hydroxylation is 1. The molecule has 25 heavy (non-hydrogen) atoms. The molecule has 0 saturated carbocycles. The SMILES string of the molecule is CCNC(=NCCOCc1ccccc1)NCCc1ncc(C)s1.I. The number of aliphatic imine (C=N–C) groups is 1. The summed E-state index contributed by atoms with van der Waals surface area (Å²) >= 11 is 1.74. The Morgan fingerprint density at radius 1 is 1.24 bits per heavy atom. The van der Waals surface area contributed by atoms with Crippen molar-refractivity contribution in [3.8, 4) is 0 Å². The van der Waals surface area contributed by atoms with Crippen molar-refractivity contribution in [2.24, 2.45) is 4.99 Å². The Hall–Kier alpha value is -1.19. The smallest absolute Gasteiger partial charge is 0.191 e. The number of halogens is 1. The van der Waals surface area contributed by atoms with Crippen molar-refractivity contribution in [3.63, 3.8) is 0 Å². The number of rotatable bonds is 9. The van der Waals surface area contributed by atoms with E-state index in [-0.39, 0.29) is 24.0 Å². The molecule has 0 bridgehead atoms.